The number of amides is 1. The molecule has 2 aromatic rings. The molecule has 110 valence electrons. The molecule has 4 nitrogen and oxygen atoms in total. The topological polar surface area (TPSA) is 68.0 Å². The monoisotopic (exact) mass is 331 g/mol. The highest BCUT2D eigenvalue weighted by Crippen LogP contribution is 2.17. The van der Waals surface area contributed by atoms with Crippen molar-refractivity contribution in [2.24, 2.45) is 5.73 Å². The Morgan fingerprint density at radius 3 is 2.80 bits per heavy atom. The molecule has 2 rings (SSSR count). The van der Waals surface area contributed by atoms with Gasteiger partial charge in [0.2, 0.25) is 0 Å². The van der Waals surface area contributed by atoms with E-state index in [1.165, 1.54) is 21.1 Å². The van der Waals surface area contributed by atoms with Crippen molar-refractivity contribution in [2.75, 3.05) is 0 Å². The third kappa shape index (κ3) is 4.56. The lowest BCUT2D eigenvalue weighted by molar-refractivity contribution is 0.0935. The quantitative estimate of drug-likeness (QED) is 0.885. The number of nitrogens with zero attached hydrogens (tertiary/aromatic N) is 1. The van der Waals surface area contributed by atoms with Gasteiger partial charge in [-0.05, 0) is 26.0 Å². The Morgan fingerprint density at radius 1 is 1.50 bits per heavy atom. The third-order valence-corrected chi connectivity index (χ3v) is 4.53. The van der Waals surface area contributed by atoms with Crippen molar-refractivity contribution in [3.63, 3.8) is 0 Å². The third-order valence-electron chi connectivity index (χ3n) is 2.64. The van der Waals surface area contributed by atoms with Gasteiger partial charge in [-0.1, -0.05) is 0 Å². The second kappa shape index (κ2) is 7.73. The Labute approximate surface area is 132 Å². The number of aryl methyl sites for hydroxylation is 1. The normalized spacial score (nSPS) is 11.8. The van der Waals surface area contributed by atoms with Crippen LogP contribution in [0.2, 0.25) is 0 Å². The van der Waals surface area contributed by atoms with Crippen molar-refractivity contribution < 1.29 is 4.79 Å². The smallest absolute Gasteiger partial charge is 0.270 e. The molecule has 1 atom stereocenters. The molecule has 0 aliphatic carbocycles. The summed E-state index contributed by atoms with van der Waals surface area (Å²) in [5.74, 6) is -0.128. The zero-order valence-corrected chi connectivity index (χ0v) is 13.8. The van der Waals surface area contributed by atoms with Crippen molar-refractivity contribution in [3.8, 4) is 0 Å². The number of aromatic nitrogens is 1. The van der Waals surface area contributed by atoms with Crippen molar-refractivity contribution >= 4 is 41.0 Å². The van der Waals surface area contributed by atoms with E-state index in [1.807, 2.05) is 6.92 Å². The maximum Gasteiger partial charge on any atom is 0.270 e. The maximum atomic E-state index is 12.0. The summed E-state index contributed by atoms with van der Waals surface area (Å²) in [7, 11) is 0. The van der Waals surface area contributed by atoms with Gasteiger partial charge < -0.3 is 11.1 Å². The fourth-order valence-electron chi connectivity index (χ4n) is 1.75. The molecular weight excluding hydrogens is 314 g/mol. The van der Waals surface area contributed by atoms with E-state index in [0.29, 0.717) is 12.2 Å². The molecule has 3 N–H and O–H groups in total. The predicted molar refractivity (Wildman–Crippen MR) is 86.9 cm³/mol. The van der Waals surface area contributed by atoms with Crippen LogP contribution >= 0.6 is 35.1 Å². The fraction of sp³-hybridized carbons (Fsp3) is 0.385. The number of carbonyl (C=O) groups excluding carboxylic acids is 1. The summed E-state index contributed by atoms with van der Waals surface area (Å²) in [6.45, 7) is 4.46. The molecular formula is C13H18ClN3OS2. The van der Waals surface area contributed by atoms with Crippen LogP contribution in [0.3, 0.4) is 0 Å². The summed E-state index contributed by atoms with van der Waals surface area (Å²) in [6, 6.07) is 4.30. The van der Waals surface area contributed by atoms with E-state index >= 15 is 0 Å². The number of nitrogens with two attached hydrogens (primary N) is 1. The van der Waals surface area contributed by atoms with Crippen molar-refractivity contribution in [3.05, 3.63) is 38.0 Å². The standard InChI is InChI=1S/C13H17N3OS2.ClH/c1-8(5-10-4-3-9(2)19-10)15-13(17)11-7-18-12(6-14)16-11;/h3-4,7-8H,5-6,14H2,1-2H3,(H,15,17);1H. The molecule has 0 fully saturated rings. The first kappa shape index (κ1) is 17.1. The van der Waals surface area contributed by atoms with Gasteiger partial charge in [-0.15, -0.1) is 35.1 Å². The molecule has 0 spiro atoms. The van der Waals surface area contributed by atoms with Gasteiger partial charge in [-0.3, -0.25) is 4.79 Å². The number of carbonyl (C=O) groups is 1. The molecule has 1 unspecified atom stereocenters. The van der Waals surface area contributed by atoms with Crippen LogP contribution in [0, 0.1) is 6.92 Å². The van der Waals surface area contributed by atoms with Crippen molar-refractivity contribution in [2.45, 2.75) is 32.9 Å². The molecule has 0 aromatic carbocycles. The number of thiazole rings is 1. The van der Waals surface area contributed by atoms with Gasteiger partial charge in [0.1, 0.15) is 10.7 Å². The van der Waals surface area contributed by atoms with E-state index in [-0.39, 0.29) is 24.4 Å². The molecule has 0 saturated heterocycles. The lowest BCUT2D eigenvalue weighted by Crippen LogP contribution is -2.34. The van der Waals surface area contributed by atoms with Gasteiger partial charge in [0.25, 0.3) is 5.91 Å². The number of rotatable bonds is 5. The molecule has 0 aliphatic heterocycles. The molecule has 0 aliphatic rings. The summed E-state index contributed by atoms with van der Waals surface area (Å²) in [5, 5.41) is 5.50. The highest BCUT2D eigenvalue weighted by atomic mass is 35.5. The summed E-state index contributed by atoms with van der Waals surface area (Å²) in [5.41, 5.74) is 5.94. The van der Waals surface area contributed by atoms with Gasteiger partial charge >= 0.3 is 0 Å². The van der Waals surface area contributed by atoms with Crippen LogP contribution in [0.1, 0.15) is 32.2 Å². The predicted octanol–water partition coefficient (Wildman–Crippen LogP) is 2.75. The minimum atomic E-state index is -0.128. The second-order valence-electron chi connectivity index (χ2n) is 4.42. The molecule has 0 bridgehead atoms. The first-order valence-electron chi connectivity index (χ1n) is 6.09. The van der Waals surface area contributed by atoms with Crippen LogP contribution in [-0.4, -0.2) is 16.9 Å². The molecule has 7 heteroatoms. The summed E-state index contributed by atoms with van der Waals surface area (Å²) >= 11 is 3.18. The van der Waals surface area contributed by atoms with Crippen LogP contribution in [-0.2, 0) is 13.0 Å². The number of hydrogen-bond acceptors (Lipinski definition) is 5. The molecule has 0 saturated carbocycles. The zero-order chi connectivity index (χ0) is 13.8. The largest absolute Gasteiger partial charge is 0.348 e. The summed E-state index contributed by atoms with van der Waals surface area (Å²) in [6.07, 6.45) is 0.845. The summed E-state index contributed by atoms with van der Waals surface area (Å²) in [4.78, 5) is 18.7. The lowest BCUT2D eigenvalue weighted by Gasteiger charge is -2.11. The lowest BCUT2D eigenvalue weighted by atomic mass is 10.2. The van der Waals surface area contributed by atoms with Gasteiger partial charge in [-0.25, -0.2) is 4.98 Å². The van der Waals surface area contributed by atoms with Gasteiger partial charge in [0.15, 0.2) is 0 Å². The minimum Gasteiger partial charge on any atom is -0.348 e. The van der Waals surface area contributed by atoms with Crippen LogP contribution in [0.4, 0.5) is 0 Å². The zero-order valence-electron chi connectivity index (χ0n) is 11.4. The Hall–Kier alpha value is -0.950. The van der Waals surface area contributed by atoms with Crippen LogP contribution in [0.5, 0.6) is 0 Å². The van der Waals surface area contributed by atoms with Crippen LogP contribution in [0.15, 0.2) is 17.5 Å². The highest BCUT2D eigenvalue weighted by molar-refractivity contribution is 7.11. The number of thiophene rings is 1. The van der Waals surface area contributed by atoms with Crippen LogP contribution < -0.4 is 11.1 Å². The molecule has 1 amide bonds. The van der Waals surface area contributed by atoms with E-state index < -0.39 is 0 Å². The second-order valence-corrected chi connectivity index (χ2v) is 6.74. The van der Waals surface area contributed by atoms with Gasteiger partial charge in [0, 0.05) is 34.1 Å². The SMILES string of the molecule is Cc1ccc(CC(C)NC(=O)c2csc(CN)n2)s1.Cl. The summed E-state index contributed by atoms with van der Waals surface area (Å²) < 4.78 is 0. The van der Waals surface area contributed by atoms with E-state index in [1.54, 1.807) is 16.7 Å². The fourth-order valence-corrected chi connectivity index (χ4v) is 3.43. The minimum absolute atomic E-state index is 0. The molecule has 2 heterocycles. The number of halogens is 1. The van der Waals surface area contributed by atoms with E-state index in [4.69, 9.17) is 5.73 Å². The first-order chi connectivity index (χ1) is 9.08. The van der Waals surface area contributed by atoms with Crippen LogP contribution in [0.25, 0.3) is 0 Å². The Bertz CT molecular complexity index is 567. The van der Waals surface area contributed by atoms with E-state index in [0.717, 1.165) is 11.4 Å². The average molecular weight is 332 g/mol. The number of nitrogens with one attached hydrogen (secondary N) is 1. The Balaban J connectivity index is 0.00000200. The molecule has 20 heavy (non-hydrogen) atoms. The maximum absolute atomic E-state index is 12.0. The highest BCUT2D eigenvalue weighted by Gasteiger charge is 2.13. The van der Waals surface area contributed by atoms with E-state index in [9.17, 15) is 4.79 Å². The van der Waals surface area contributed by atoms with Crippen molar-refractivity contribution in [1.29, 1.82) is 0 Å². The van der Waals surface area contributed by atoms with Gasteiger partial charge in [0.05, 0.1) is 0 Å². The number of hydrogen-bond donors (Lipinski definition) is 2. The van der Waals surface area contributed by atoms with Gasteiger partial charge in [-0.2, -0.15) is 0 Å². The molecule has 0 radical (unpaired) electrons. The molecule has 2 aromatic heterocycles. The Kier molecular flexibility index (Phi) is 6.61. The van der Waals surface area contributed by atoms with Crippen molar-refractivity contribution in [1.82, 2.24) is 10.3 Å². The Morgan fingerprint density at radius 2 is 2.25 bits per heavy atom. The van der Waals surface area contributed by atoms with E-state index in [2.05, 4.69) is 29.4 Å². The average Bonchev–Trinajstić information content (AvgIpc) is 2.98. The first-order valence-corrected chi connectivity index (χ1v) is 7.78.